The van der Waals surface area contributed by atoms with Crippen LogP contribution in [0.25, 0.3) is 11.4 Å². The maximum absolute atomic E-state index is 12.6. The van der Waals surface area contributed by atoms with Crippen LogP contribution in [-0.2, 0) is 14.8 Å². The number of aryl methyl sites for hydroxylation is 1. The summed E-state index contributed by atoms with van der Waals surface area (Å²) in [6, 6.07) is 13.8. The third kappa shape index (κ3) is 4.66. The molecule has 0 saturated carbocycles. The Morgan fingerprint density at radius 1 is 1.12 bits per heavy atom. The maximum atomic E-state index is 12.6. The SMILES string of the molecule is Cc1nc(-c2ccc(N3CC(CNS(=O)(=O)c4ccc(C(C)C)cc4)OC3=O)cc2)no1. The van der Waals surface area contributed by atoms with Gasteiger partial charge in [0.05, 0.1) is 11.4 Å². The number of ether oxygens (including phenoxy) is 1. The van der Waals surface area contributed by atoms with Crippen LogP contribution in [0.5, 0.6) is 0 Å². The standard InChI is InChI=1S/C22H24N4O5S/c1-14(2)16-6-10-20(11-7-16)32(28,29)23-12-19-13-26(22(27)30-19)18-8-4-17(5-9-18)21-24-15(3)31-25-21/h4-11,14,19,23H,12-13H2,1-3H3. The molecule has 32 heavy (non-hydrogen) atoms. The van der Waals surface area contributed by atoms with Gasteiger partial charge in [0.25, 0.3) is 0 Å². The zero-order valence-electron chi connectivity index (χ0n) is 18.0. The van der Waals surface area contributed by atoms with Crippen molar-refractivity contribution in [3.8, 4) is 11.4 Å². The lowest BCUT2D eigenvalue weighted by Crippen LogP contribution is -2.34. The second kappa shape index (κ2) is 8.71. The Labute approximate surface area is 186 Å². The van der Waals surface area contributed by atoms with Crippen LogP contribution < -0.4 is 9.62 Å². The van der Waals surface area contributed by atoms with E-state index in [1.54, 1.807) is 55.5 Å². The van der Waals surface area contributed by atoms with Crippen molar-refractivity contribution in [2.75, 3.05) is 18.0 Å². The van der Waals surface area contributed by atoms with Gasteiger partial charge in [0.1, 0.15) is 6.10 Å². The third-order valence-electron chi connectivity index (χ3n) is 5.20. The summed E-state index contributed by atoms with van der Waals surface area (Å²) >= 11 is 0. The molecule has 1 saturated heterocycles. The van der Waals surface area contributed by atoms with Crippen LogP contribution in [0.15, 0.2) is 57.9 Å². The minimum atomic E-state index is -3.71. The van der Waals surface area contributed by atoms with Gasteiger partial charge in [-0.3, -0.25) is 4.90 Å². The summed E-state index contributed by atoms with van der Waals surface area (Å²) < 4.78 is 38.0. The number of hydrogen-bond donors (Lipinski definition) is 1. The fourth-order valence-electron chi connectivity index (χ4n) is 3.36. The number of cyclic esters (lactones) is 1. The van der Waals surface area contributed by atoms with Crippen molar-refractivity contribution in [1.82, 2.24) is 14.9 Å². The Balaban J connectivity index is 1.38. The Hall–Kier alpha value is -3.24. The Bertz CT molecular complexity index is 1200. The molecule has 1 aliphatic rings. The molecule has 1 aromatic heterocycles. The summed E-state index contributed by atoms with van der Waals surface area (Å²) in [5, 5.41) is 3.87. The minimum absolute atomic E-state index is 0.0171. The number of carbonyl (C=O) groups excluding carboxylic acids is 1. The maximum Gasteiger partial charge on any atom is 0.414 e. The number of amides is 1. The van der Waals surface area contributed by atoms with E-state index in [1.165, 1.54) is 4.90 Å². The Morgan fingerprint density at radius 3 is 2.41 bits per heavy atom. The molecule has 1 unspecified atom stereocenters. The summed E-state index contributed by atoms with van der Waals surface area (Å²) in [5.74, 6) is 1.24. The van der Waals surface area contributed by atoms with Crippen molar-refractivity contribution >= 4 is 21.8 Å². The highest BCUT2D eigenvalue weighted by molar-refractivity contribution is 7.89. The molecule has 0 aliphatic carbocycles. The highest BCUT2D eigenvalue weighted by Gasteiger charge is 2.33. The first kappa shape index (κ1) is 22.0. The van der Waals surface area contributed by atoms with E-state index >= 15 is 0 Å². The molecule has 1 amide bonds. The van der Waals surface area contributed by atoms with E-state index < -0.39 is 22.2 Å². The highest BCUT2D eigenvalue weighted by Crippen LogP contribution is 2.25. The third-order valence-corrected chi connectivity index (χ3v) is 6.64. The highest BCUT2D eigenvalue weighted by atomic mass is 32.2. The first-order valence-electron chi connectivity index (χ1n) is 10.2. The van der Waals surface area contributed by atoms with Crippen LogP contribution >= 0.6 is 0 Å². The van der Waals surface area contributed by atoms with Crippen LogP contribution in [0.2, 0.25) is 0 Å². The summed E-state index contributed by atoms with van der Waals surface area (Å²) in [7, 11) is -3.71. The monoisotopic (exact) mass is 456 g/mol. The van der Waals surface area contributed by atoms with Crippen molar-refractivity contribution in [2.24, 2.45) is 0 Å². The Kier molecular flexibility index (Phi) is 5.98. The molecule has 9 nitrogen and oxygen atoms in total. The van der Waals surface area contributed by atoms with Gasteiger partial charge in [0.15, 0.2) is 0 Å². The van der Waals surface area contributed by atoms with Crippen LogP contribution in [0, 0.1) is 6.92 Å². The number of sulfonamides is 1. The molecule has 4 rings (SSSR count). The van der Waals surface area contributed by atoms with Crippen LogP contribution in [-0.4, -0.2) is 43.8 Å². The molecule has 3 aromatic rings. The number of anilines is 1. The van der Waals surface area contributed by atoms with Gasteiger partial charge in [-0.15, -0.1) is 0 Å². The van der Waals surface area contributed by atoms with Gasteiger partial charge in [-0.05, 0) is 47.9 Å². The van der Waals surface area contributed by atoms with Gasteiger partial charge in [0, 0.05) is 24.7 Å². The van der Waals surface area contributed by atoms with Crippen molar-refractivity contribution in [1.29, 1.82) is 0 Å². The average molecular weight is 457 g/mol. The van der Waals surface area contributed by atoms with E-state index in [2.05, 4.69) is 14.9 Å². The second-order valence-electron chi connectivity index (χ2n) is 7.88. The first-order valence-corrected chi connectivity index (χ1v) is 11.7. The zero-order valence-corrected chi connectivity index (χ0v) is 18.8. The minimum Gasteiger partial charge on any atom is -0.443 e. The van der Waals surface area contributed by atoms with Gasteiger partial charge >= 0.3 is 6.09 Å². The Morgan fingerprint density at radius 2 is 1.81 bits per heavy atom. The molecule has 1 atom stereocenters. The van der Waals surface area contributed by atoms with Crippen LogP contribution in [0.3, 0.4) is 0 Å². The normalized spacial score (nSPS) is 16.6. The van der Waals surface area contributed by atoms with E-state index in [0.29, 0.717) is 23.3 Å². The molecule has 0 spiro atoms. The molecule has 2 aromatic carbocycles. The van der Waals surface area contributed by atoms with Gasteiger partial charge in [-0.1, -0.05) is 31.1 Å². The lowest BCUT2D eigenvalue weighted by Gasteiger charge is -2.13. The van der Waals surface area contributed by atoms with Gasteiger partial charge in [-0.2, -0.15) is 4.98 Å². The number of nitrogens with zero attached hydrogens (tertiary/aromatic N) is 3. The molecule has 1 aliphatic heterocycles. The van der Waals surface area contributed by atoms with Crippen molar-refractivity contribution in [2.45, 2.75) is 37.7 Å². The van der Waals surface area contributed by atoms with E-state index in [4.69, 9.17) is 9.26 Å². The molecule has 10 heteroatoms. The lowest BCUT2D eigenvalue weighted by atomic mass is 10.0. The number of rotatable bonds is 7. The molecule has 0 bridgehead atoms. The van der Waals surface area contributed by atoms with E-state index in [-0.39, 0.29) is 18.0 Å². The zero-order chi connectivity index (χ0) is 22.9. The van der Waals surface area contributed by atoms with E-state index in [1.807, 2.05) is 13.8 Å². The molecular weight excluding hydrogens is 432 g/mol. The van der Waals surface area contributed by atoms with Gasteiger partial charge in [0.2, 0.25) is 21.7 Å². The predicted octanol–water partition coefficient (Wildman–Crippen LogP) is 3.47. The second-order valence-corrected chi connectivity index (χ2v) is 9.64. The quantitative estimate of drug-likeness (QED) is 0.579. The molecule has 2 heterocycles. The summed E-state index contributed by atoms with van der Waals surface area (Å²) in [6.07, 6.45) is -1.13. The lowest BCUT2D eigenvalue weighted by molar-refractivity contribution is 0.143. The largest absolute Gasteiger partial charge is 0.443 e. The average Bonchev–Trinajstić information content (AvgIpc) is 3.38. The fourth-order valence-corrected chi connectivity index (χ4v) is 4.43. The molecule has 0 radical (unpaired) electrons. The summed E-state index contributed by atoms with van der Waals surface area (Å²) in [6.45, 7) is 6.01. The molecule has 168 valence electrons. The number of aromatic nitrogens is 2. The summed E-state index contributed by atoms with van der Waals surface area (Å²) in [4.78, 5) is 18.1. The number of benzene rings is 2. The molecule has 1 fully saturated rings. The van der Waals surface area contributed by atoms with Crippen molar-refractivity contribution < 1.29 is 22.5 Å². The number of hydrogen-bond acceptors (Lipinski definition) is 7. The topological polar surface area (TPSA) is 115 Å². The van der Waals surface area contributed by atoms with Gasteiger partial charge in [-0.25, -0.2) is 17.9 Å². The molecular formula is C22H24N4O5S. The smallest absolute Gasteiger partial charge is 0.414 e. The molecule has 1 N–H and O–H groups in total. The van der Waals surface area contributed by atoms with Crippen molar-refractivity contribution in [3.63, 3.8) is 0 Å². The van der Waals surface area contributed by atoms with E-state index in [9.17, 15) is 13.2 Å². The predicted molar refractivity (Wildman–Crippen MR) is 118 cm³/mol. The summed E-state index contributed by atoms with van der Waals surface area (Å²) in [5.41, 5.74) is 2.45. The van der Waals surface area contributed by atoms with Gasteiger partial charge < -0.3 is 9.26 Å². The van der Waals surface area contributed by atoms with Crippen LogP contribution in [0.1, 0.15) is 31.2 Å². The van der Waals surface area contributed by atoms with Crippen LogP contribution in [0.4, 0.5) is 10.5 Å². The number of carbonyl (C=O) groups is 1. The van der Waals surface area contributed by atoms with Crippen molar-refractivity contribution in [3.05, 3.63) is 60.0 Å². The first-order chi connectivity index (χ1) is 15.2. The fraction of sp³-hybridized carbons (Fsp3) is 0.318. The number of nitrogens with one attached hydrogen (secondary N) is 1. The van der Waals surface area contributed by atoms with E-state index in [0.717, 1.165) is 11.1 Å².